The number of ether oxygens (including phenoxy) is 2. The Labute approximate surface area is 263 Å². The molecule has 45 heavy (non-hydrogen) atoms. The molecule has 0 amide bonds. The van der Waals surface area contributed by atoms with E-state index in [4.69, 9.17) is 19.6 Å². The molecule has 232 valence electrons. The molecule has 2 aliphatic rings. The minimum Gasteiger partial charge on any atom is -0.456 e. The number of nitrogens with zero attached hydrogens (tertiary/aromatic N) is 3. The summed E-state index contributed by atoms with van der Waals surface area (Å²) < 4.78 is 21.6. The number of rotatable bonds is 7. The lowest BCUT2D eigenvalue weighted by Crippen LogP contribution is -2.55. The van der Waals surface area contributed by atoms with Crippen molar-refractivity contribution in [3.8, 4) is 0 Å². The second-order valence-electron chi connectivity index (χ2n) is 12.5. The fourth-order valence-electron chi connectivity index (χ4n) is 6.03. The standard InChI is InChI=1S/C33H35N5O6Si/c1-19(39)42-26-27(33(44-45-31(2,3)4,20-12-8-6-9-13-20)21-14-10-7-11-15-21)43-30(32(26,5)41)38-17-22-23(34)16-24(40)37-28-25(22)29(38)36-18-35-28/h6-18,26-27,30,41H,34H2,1-5H3,(H,35,36,37,40). The summed E-state index contributed by atoms with van der Waals surface area (Å²) >= 11 is 0. The zero-order valence-electron chi connectivity index (χ0n) is 25.6. The van der Waals surface area contributed by atoms with Crippen molar-refractivity contribution in [3.05, 3.63) is 94.4 Å². The number of hydrogen-bond acceptors (Lipinski definition) is 10. The lowest BCUT2D eigenvalue weighted by molar-refractivity contribution is -0.166. The zero-order chi connectivity index (χ0) is 32.1. The smallest absolute Gasteiger partial charge is 0.303 e. The van der Waals surface area contributed by atoms with E-state index in [9.17, 15) is 14.7 Å². The molecule has 2 aromatic heterocycles. The van der Waals surface area contributed by atoms with Crippen LogP contribution in [0.25, 0.3) is 10.8 Å². The number of aliphatic hydroxyl groups is 1. The van der Waals surface area contributed by atoms with Crippen LogP contribution in [0.2, 0.25) is 5.04 Å². The van der Waals surface area contributed by atoms with Crippen molar-refractivity contribution in [3.63, 3.8) is 0 Å². The van der Waals surface area contributed by atoms with Crippen LogP contribution in [0.1, 0.15) is 52.0 Å². The zero-order valence-corrected chi connectivity index (χ0v) is 26.6. The largest absolute Gasteiger partial charge is 0.456 e. The van der Waals surface area contributed by atoms with E-state index in [2.05, 4.69) is 36.1 Å². The Kier molecular flexibility index (Phi) is 7.64. The molecule has 2 aliphatic heterocycles. The van der Waals surface area contributed by atoms with Crippen molar-refractivity contribution < 1.29 is 23.8 Å². The van der Waals surface area contributed by atoms with Crippen molar-refractivity contribution in [2.45, 2.75) is 69.3 Å². The number of hydrogen-bond donors (Lipinski definition) is 3. The van der Waals surface area contributed by atoms with Crippen LogP contribution in [-0.2, 0) is 24.3 Å². The third-order valence-electron chi connectivity index (χ3n) is 7.94. The van der Waals surface area contributed by atoms with Gasteiger partial charge in [-0.3, -0.25) is 9.59 Å². The number of anilines is 2. The summed E-state index contributed by atoms with van der Waals surface area (Å²) in [5.74, 6) is 0.0529. The highest BCUT2D eigenvalue weighted by atomic mass is 28.2. The van der Waals surface area contributed by atoms with Crippen LogP contribution in [0.3, 0.4) is 0 Å². The molecular weight excluding hydrogens is 590 g/mol. The molecule has 11 nitrogen and oxygen atoms in total. The average molecular weight is 626 g/mol. The van der Waals surface area contributed by atoms with Gasteiger partial charge in [-0.05, 0) is 23.1 Å². The molecule has 4 N–H and O–H groups in total. The number of carbonyl (C=O) groups is 1. The minimum absolute atomic E-state index is 0.00828. The summed E-state index contributed by atoms with van der Waals surface area (Å²) in [4.78, 5) is 33.7. The summed E-state index contributed by atoms with van der Waals surface area (Å²) in [7, 11) is -0.00828. The van der Waals surface area contributed by atoms with Crippen molar-refractivity contribution in [1.29, 1.82) is 0 Å². The highest BCUT2D eigenvalue weighted by molar-refractivity contribution is 6.32. The van der Waals surface area contributed by atoms with E-state index in [1.54, 1.807) is 17.7 Å². The summed E-state index contributed by atoms with van der Waals surface area (Å²) in [5, 5.41) is 16.1. The topological polar surface area (TPSA) is 150 Å². The van der Waals surface area contributed by atoms with Crippen molar-refractivity contribution in [2.75, 3.05) is 11.1 Å². The maximum Gasteiger partial charge on any atom is 0.303 e. The van der Waals surface area contributed by atoms with Gasteiger partial charge in [0.05, 0.1) is 11.7 Å². The van der Waals surface area contributed by atoms with E-state index in [-0.39, 0.29) is 26.3 Å². The lowest BCUT2D eigenvalue weighted by Gasteiger charge is -2.43. The normalized spacial score (nSPS) is 22.8. The lowest BCUT2D eigenvalue weighted by atomic mass is 9.77. The molecule has 6 rings (SSSR count). The van der Waals surface area contributed by atoms with Gasteiger partial charge in [0.2, 0.25) is 9.76 Å². The van der Waals surface area contributed by atoms with E-state index in [1.807, 2.05) is 60.7 Å². The second-order valence-corrected chi connectivity index (χ2v) is 14.4. The van der Waals surface area contributed by atoms with Crippen LogP contribution in [-0.4, -0.2) is 54.5 Å². The Bertz CT molecular complexity index is 1800. The van der Waals surface area contributed by atoms with Crippen molar-refractivity contribution in [1.82, 2.24) is 9.55 Å². The third kappa shape index (κ3) is 5.33. The summed E-state index contributed by atoms with van der Waals surface area (Å²) in [6.07, 6.45) is -0.294. The van der Waals surface area contributed by atoms with Gasteiger partial charge in [0.25, 0.3) is 5.56 Å². The van der Waals surface area contributed by atoms with E-state index in [0.29, 0.717) is 16.6 Å². The molecule has 4 aromatic rings. The van der Waals surface area contributed by atoms with E-state index in [0.717, 1.165) is 11.1 Å². The van der Waals surface area contributed by atoms with Gasteiger partial charge >= 0.3 is 5.97 Å². The van der Waals surface area contributed by atoms with Gasteiger partial charge in [0.15, 0.2) is 12.3 Å². The molecular formula is C33H35N5O6Si. The maximum absolute atomic E-state index is 12.7. The van der Waals surface area contributed by atoms with Crippen LogP contribution < -0.4 is 16.6 Å². The fraction of sp³-hybridized carbons (Fsp3) is 0.333. The van der Waals surface area contributed by atoms with Crippen LogP contribution in [0.5, 0.6) is 0 Å². The van der Waals surface area contributed by atoms with Gasteiger partial charge in [-0.15, -0.1) is 0 Å². The van der Waals surface area contributed by atoms with Gasteiger partial charge < -0.3 is 34.6 Å². The Balaban J connectivity index is 1.61. The van der Waals surface area contributed by atoms with Gasteiger partial charge in [-0.25, -0.2) is 4.99 Å². The van der Waals surface area contributed by atoms with Crippen LogP contribution in [0.15, 0.2) is 82.7 Å². The number of nitrogens with one attached hydrogen (secondary N) is 1. The first-order valence-corrected chi connectivity index (χ1v) is 15.5. The van der Waals surface area contributed by atoms with Crippen LogP contribution >= 0.6 is 0 Å². The molecule has 4 atom stereocenters. The Morgan fingerprint density at radius 2 is 1.73 bits per heavy atom. The summed E-state index contributed by atoms with van der Waals surface area (Å²) in [6, 6.07) is 20.5. The number of carbonyl (C=O) groups excluding carboxylic acids is 1. The molecule has 4 unspecified atom stereocenters. The molecule has 0 bridgehead atoms. The molecule has 2 radical (unpaired) electrons. The van der Waals surface area contributed by atoms with Gasteiger partial charge in [0.1, 0.15) is 28.9 Å². The highest BCUT2D eigenvalue weighted by Crippen LogP contribution is 2.53. The van der Waals surface area contributed by atoms with Crippen LogP contribution in [0.4, 0.5) is 17.3 Å². The first-order valence-electron chi connectivity index (χ1n) is 14.6. The van der Waals surface area contributed by atoms with Gasteiger partial charge in [-0.2, -0.15) is 4.98 Å². The molecule has 0 aliphatic carbocycles. The Morgan fingerprint density at radius 1 is 1.11 bits per heavy atom. The molecule has 1 saturated heterocycles. The predicted octanol–water partition coefficient (Wildman–Crippen LogP) is 4.44. The van der Waals surface area contributed by atoms with Crippen molar-refractivity contribution >= 4 is 50.2 Å². The SMILES string of the molecule is CC(=O)OC1C(C(O[Si]C(C)(C)C)(c2ccccc2)c2ccccc2)OC(n2cc3c(N)cc(=O)nc4c3c2N=CN4)C1(C)O. The molecule has 4 heterocycles. The summed E-state index contributed by atoms with van der Waals surface area (Å²) in [6.45, 7) is 9.10. The molecule has 12 heteroatoms. The first-order chi connectivity index (χ1) is 21.3. The average Bonchev–Trinajstić information content (AvgIpc) is 3.45. The second kappa shape index (κ2) is 11.2. The fourth-order valence-corrected chi connectivity index (χ4v) is 6.85. The van der Waals surface area contributed by atoms with Crippen molar-refractivity contribution in [2.24, 2.45) is 4.99 Å². The molecule has 0 saturated carbocycles. The predicted molar refractivity (Wildman–Crippen MR) is 172 cm³/mol. The van der Waals surface area contributed by atoms with Gasteiger partial charge in [-0.1, -0.05) is 81.4 Å². The monoisotopic (exact) mass is 625 g/mol. The maximum atomic E-state index is 12.7. The van der Waals surface area contributed by atoms with Gasteiger partial charge in [0, 0.05) is 30.3 Å². The van der Waals surface area contributed by atoms with E-state index in [1.165, 1.54) is 19.3 Å². The first kappa shape index (κ1) is 30.7. The number of nitrogens with two attached hydrogens (primary N) is 1. The number of aliphatic imine (C=N–C) groups is 1. The third-order valence-corrected chi connectivity index (χ3v) is 8.98. The number of esters is 1. The van der Waals surface area contributed by atoms with E-state index >= 15 is 0 Å². The number of nitrogen functional groups attached to an aromatic ring is 1. The molecule has 2 aromatic carbocycles. The summed E-state index contributed by atoms with van der Waals surface area (Å²) in [5.41, 5.74) is 4.41. The minimum atomic E-state index is -1.81. The Morgan fingerprint density at radius 3 is 2.31 bits per heavy atom. The van der Waals surface area contributed by atoms with Crippen LogP contribution in [0, 0.1) is 0 Å². The quantitative estimate of drug-likeness (QED) is 0.200. The Hall–Kier alpha value is -4.36. The highest BCUT2D eigenvalue weighted by Gasteiger charge is 2.64. The molecule has 0 spiro atoms. The number of aromatic nitrogens is 2. The molecule has 1 fully saturated rings. The van der Waals surface area contributed by atoms with E-state index < -0.39 is 41.2 Å². The number of benzene rings is 2.